The number of thioether (sulfide) groups is 1. The van der Waals surface area contributed by atoms with Crippen LogP contribution in [0.5, 0.6) is 11.5 Å². The lowest BCUT2D eigenvalue weighted by atomic mass is 10.1. The summed E-state index contributed by atoms with van der Waals surface area (Å²) in [4.78, 5) is 31.8. The highest BCUT2D eigenvalue weighted by atomic mass is 32.2. The zero-order chi connectivity index (χ0) is 28.4. The third kappa shape index (κ3) is 5.40. The van der Waals surface area contributed by atoms with Crippen molar-refractivity contribution in [3.8, 4) is 22.9 Å². The second-order valence-electron chi connectivity index (χ2n) is 8.90. The molecule has 0 atom stereocenters. The van der Waals surface area contributed by atoms with E-state index in [1.54, 1.807) is 25.3 Å². The molecule has 5 rings (SSSR count). The molecule has 0 aliphatic heterocycles. The number of benzene rings is 3. The Hall–Kier alpha value is -3.93. The van der Waals surface area contributed by atoms with E-state index in [0.29, 0.717) is 42.3 Å². The highest BCUT2D eigenvalue weighted by Gasteiger charge is 2.20. The smallest absolute Gasteiger partial charge is 0.278 e. The predicted molar refractivity (Wildman–Crippen MR) is 164 cm³/mol. The van der Waals surface area contributed by atoms with E-state index in [2.05, 4.69) is 5.32 Å². The highest BCUT2D eigenvalue weighted by molar-refractivity contribution is 7.99. The first-order valence-corrected chi connectivity index (χ1v) is 14.5. The molecular formula is C29H26N4O4S3. The molecule has 0 fully saturated rings. The molecule has 1 N–H and O–H groups in total. The van der Waals surface area contributed by atoms with Crippen LogP contribution in [0.1, 0.15) is 11.1 Å². The van der Waals surface area contributed by atoms with Crippen LogP contribution in [0.15, 0.2) is 76.7 Å². The molecule has 0 aliphatic carbocycles. The van der Waals surface area contributed by atoms with E-state index in [-0.39, 0.29) is 17.2 Å². The summed E-state index contributed by atoms with van der Waals surface area (Å²) in [6, 6.07) is 20.4. The third-order valence-electron chi connectivity index (χ3n) is 6.35. The van der Waals surface area contributed by atoms with E-state index in [4.69, 9.17) is 26.7 Å². The number of ether oxygens (including phenoxy) is 2. The van der Waals surface area contributed by atoms with Gasteiger partial charge in [0.15, 0.2) is 14.8 Å². The number of aryl methyl sites for hydroxylation is 2. The molecule has 0 radical (unpaired) electrons. The number of carbonyl (C=O) groups is 1. The van der Waals surface area contributed by atoms with Crippen LogP contribution >= 0.6 is 35.3 Å². The third-order valence-corrected chi connectivity index (χ3v) is 8.64. The largest absolute Gasteiger partial charge is 0.497 e. The first kappa shape index (κ1) is 27.6. The Kier molecular flexibility index (Phi) is 8.06. The average Bonchev–Trinajstić information content (AvgIpc) is 3.29. The van der Waals surface area contributed by atoms with Gasteiger partial charge >= 0.3 is 0 Å². The van der Waals surface area contributed by atoms with Crippen LogP contribution in [0, 0.1) is 17.8 Å². The van der Waals surface area contributed by atoms with Gasteiger partial charge < -0.3 is 14.8 Å². The number of para-hydroxylation sites is 1. The lowest BCUT2D eigenvalue weighted by molar-refractivity contribution is -0.113. The molecule has 40 heavy (non-hydrogen) atoms. The van der Waals surface area contributed by atoms with Crippen molar-refractivity contribution in [2.75, 3.05) is 25.3 Å². The Balaban J connectivity index is 1.57. The van der Waals surface area contributed by atoms with Gasteiger partial charge in [0.05, 0.1) is 31.3 Å². The molecule has 0 bridgehead atoms. The number of methoxy groups -OCH3 is 2. The monoisotopic (exact) mass is 590 g/mol. The molecule has 0 saturated carbocycles. The Morgan fingerprint density at radius 3 is 2.45 bits per heavy atom. The fraction of sp³-hybridized carbons (Fsp3) is 0.172. The molecule has 3 aromatic carbocycles. The minimum Gasteiger partial charge on any atom is -0.497 e. The fourth-order valence-corrected chi connectivity index (χ4v) is 6.27. The summed E-state index contributed by atoms with van der Waals surface area (Å²) in [5.74, 6) is 0.800. The van der Waals surface area contributed by atoms with Gasteiger partial charge in [-0.1, -0.05) is 47.4 Å². The summed E-state index contributed by atoms with van der Waals surface area (Å²) in [6.45, 7) is 4.08. The SMILES string of the molecule is COc1ccc(OC)c(NC(=O)CSc2nc3c(sc(=S)n3-c3ccc(C)c(C)c3)c(=O)n2-c2ccccc2)c1. The van der Waals surface area contributed by atoms with Crippen molar-refractivity contribution in [1.29, 1.82) is 0 Å². The van der Waals surface area contributed by atoms with Gasteiger partial charge in [0, 0.05) is 11.8 Å². The Labute approximate surface area is 244 Å². The number of amides is 1. The number of rotatable bonds is 8. The van der Waals surface area contributed by atoms with Gasteiger partial charge in [-0.3, -0.25) is 18.7 Å². The number of hydrogen-bond donors (Lipinski definition) is 1. The number of nitrogens with one attached hydrogen (secondary N) is 1. The van der Waals surface area contributed by atoms with Crippen molar-refractivity contribution in [3.05, 3.63) is 92.2 Å². The first-order chi connectivity index (χ1) is 19.3. The van der Waals surface area contributed by atoms with Crippen LogP contribution in [0.25, 0.3) is 21.7 Å². The number of anilines is 1. The summed E-state index contributed by atoms with van der Waals surface area (Å²) < 4.78 is 15.0. The molecule has 0 saturated heterocycles. The van der Waals surface area contributed by atoms with E-state index in [0.717, 1.165) is 16.8 Å². The highest BCUT2D eigenvalue weighted by Crippen LogP contribution is 2.31. The minimum absolute atomic E-state index is 0.000344. The maximum absolute atomic E-state index is 13.9. The number of aromatic nitrogens is 3. The molecule has 2 aromatic heterocycles. The van der Waals surface area contributed by atoms with Crippen molar-refractivity contribution < 1.29 is 14.3 Å². The van der Waals surface area contributed by atoms with Crippen LogP contribution in [0.4, 0.5) is 5.69 Å². The molecule has 8 nitrogen and oxygen atoms in total. The lowest BCUT2D eigenvalue weighted by Crippen LogP contribution is -2.22. The maximum Gasteiger partial charge on any atom is 0.278 e. The number of thiazole rings is 1. The van der Waals surface area contributed by atoms with Gasteiger partial charge in [-0.05, 0) is 73.6 Å². The predicted octanol–water partition coefficient (Wildman–Crippen LogP) is 6.33. The van der Waals surface area contributed by atoms with E-state index in [9.17, 15) is 9.59 Å². The van der Waals surface area contributed by atoms with E-state index < -0.39 is 0 Å². The molecule has 0 spiro atoms. The number of nitrogens with zero attached hydrogens (tertiary/aromatic N) is 3. The molecule has 5 aromatic rings. The summed E-state index contributed by atoms with van der Waals surface area (Å²) in [5.41, 5.74) is 4.45. The number of hydrogen-bond acceptors (Lipinski definition) is 8. The summed E-state index contributed by atoms with van der Waals surface area (Å²) in [6.07, 6.45) is 0. The van der Waals surface area contributed by atoms with Gasteiger partial charge in [-0.15, -0.1) is 0 Å². The average molecular weight is 591 g/mol. The van der Waals surface area contributed by atoms with Crippen LogP contribution in [0.3, 0.4) is 0 Å². The molecular weight excluding hydrogens is 565 g/mol. The molecule has 1 amide bonds. The standard InChI is InChI=1S/C29H26N4O4S3/c1-17-10-11-20(14-18(17)2)32-26-25(40-29(32)38)27(35)33(19-8-6-5-7-9-19)28(31-26)39-16-24(34)30-22-15-21(36-3)12-13-23(22)37-4/h5-15H,16H2,1-4H3,(H,30,34). The van der Waals surface area contributed by atoms with Crippen molar-refractivity contribution in [2.24, 2.45) is 0 Å². The van der Waals surface area contributed by atoms with E-state index in [1.165, 1.54) is 34.8 Å². The van der Waals surface area contributed by atoms with Crippen molar-refractivity contribution >= 4 is 57.3 Å². The van der Waals surface area contributed by atoms with E-state index in [1.807, 2.05) is 66.9 Å². The summed E-state index contributed by atoms with van der Waals surface area (Å²) in [7, 11) is 3.08. The van der Waals surface area contributed by atoms with Crippen LogP contribution in [-0.2, 0) is 4.79 Å². The summed E-state index contributed by atoms with van der Waals surface area (Å²) in [5, 5.41) is 3.25. The second kappa shape index (κ2) is 11.7. The van der Waals surface area contributed by atoms with Crippen LogP contribution in [0.2, 0.25) is 0 Å². The zero-order valence-corrected chi connectivity index (χ0v) is 24.7. The fourth-order valence-electron chi connectivity index (χ4n) is 4.16. The van der Waals surface area contributed by atoms with Gasteiger partial charge in [-0.25, -0.2) is 4.98 Å². The summed E-state index contributed by atoms with van der Waals surface area (Å²) >= 11 is 8.09. The zero-order valence-electron chi connectivity index (χ0n) is 22.3. The molecule has 204 valence electrons. The molecule has 2 heterocycles. The van der Waals surface area contributed by atoms with Gasteiger partial charge in [0.1, 0.15) is 16.2 Å². The number of fused-ring (bicyclic) bond motifs is 1. The first-order valence-electron chi connectivity index (χ1n) is 12.3. The minimum atomic E-state index is -0.290. The topological polar surface area (TPSA) is 87.4 Å². The quantitative estimate of drug-likeness (QED) is 0.128. The Bertz CT molecular complexity index is 1840. The normalized spacial score (nSPS) is 11.0. The number of carbonyl (C=O) groups excluding carboxylic acids is 1. The van der Waals surface area contributed by atoms with Crippen molar-refractivity contribution in [2.45, 2.75) is 19.0 Å². The van der Waals surface area contributed by atoms with Crippen molar-refractivity contribution in [3.63, 3.8) is 0 Å². The van der Waals surface area contributed by atoms with Gasteiger partial charge in [-0.2, -0.15) is 0 Å². The van der Waals surface area contributed by atoms with Crippen LogP contribution < -0.4 is 20.3 Å². The lowest BCUT2D eigenvalue weighted by Gasteiger charge is -2.14. The molecule has 0 unspecified atom stereocenters. The van der Waals surface area contributed by atoms with E-state index >= 15 is 0 Å². The maximum atomic E-state index is 13.9. The second-order valence-corrected chi connectivity index (χ2v) is 11.5. The van der Waals surface area contributed by atoms with Crippen LogP contribution in [-0.4, -0.2) is 40.0 Å². The Morgan fingerprint density at radius 2 is 1.75 bits per heavy atom. The van der Waals surface area contributed by atoms with Gasteiger partial charge in [0.2, 0.25) is 5.91 Å². The Morgan fingerprint density at radius 1 is 0.975 bits per heavy atom. The molecule has 11 heteroatoms. The van der Waals surface area contributed by atoms with Gasteiger partial charge in [0.25, 0.3) is 5.56 Å². The molecule has 0 aliphatic rings. The van der Waals surface area contributed by atoms with Crippen molar-refractivity contribution in [1.82, 2.24) is 14.1 Å².